The Bertz CT molecular complexity index is 573. The Labute approximate surface area is 117 Å². The fourth-order valence-electron chi connectivity index (χ4n) is 3.26. The van der Waals surface area contributed by atoms with Crippen LogP contribution >= 0.6 is 0 Å². The molecule has 20 heavy (non-hydrogen) atoms. The maximum atomic E-state index is 11.8. The summed E-state index contributed by atoms with van der Waals surface area (Å²) in [4.78, 5) is 23.6. The normalized spacial score (nSPS) is 32.4. The maximum Gasteiger partial charge on any atom is 0.318 e. The molecule has 0 aromatic heterocycles. The largest absolute Gasteiger partial charge is 0.393 e. The van der Waals surface area contributed by atoms with Crippen molar-refractivity contribution in [2.24, 2.45) is 23.7 Å². The number of hydrogen-bond donors (Lipinski definition) is 0. The van der Waals surface area contributed by atoms with E-state index in [1.165, 1.54) is 0 Å². The first kappa shape index (κ1) is 12.9. The molecule has 102 valence electrons. The monoisotopic (exact) mass is 268 g/mol. The summed E-state index contributed by atoms with van der Waals surface area (Å²) in [6.45, 7) is 3.77. The van der Waals surface area contributed by atoms with E-state index in [4.69, 9.17) is 4.74 Å². The van der Waals surface area contributed by atoms with E-state index in [-0.39, 0.29) is 35.6 Å². The summed E-state index contributed by atoms with van der Waals surface area (Å²) >= 11 is 0. The zero-order valence-electron chi connectivity index (χ0n) is 11.1. The number of esters is 2. The van der Waals surface area contributed by atoms with Crippen LogP contribution in [-0.4, -0.2) is 11.9 Å². The summed E-state index contributed by atoms with van der Waals surface area (Å²) in [5.41, 5.74) is 1.09. The first-order chi connectivity index (χ1) is 9.70. The van der Waals surface area contributed by atoms with Crippen LogP contribution in [0.1, 0.15) is 12.0 Å². The molecule has 3 rings (SSSR count). The minimum atomic E-state index is -0.388. The lowest BCUT2D eigenvalue weighted by molar-refractivity contribution is -0.154. The molecule has 1 saturated carbocycles. The van der Waals surface area contributed by atoms with Gasteiger partial charge in [0.25, 0.3) is 0 Å². The highest BCUT2D eigenvalue weighted by Gasteiger charge is 2.55. The molecule has 1 heterocycles. The molecule has 3 nitrogen and oxygen atoms in total. The summed E-state index contributed by atoms with van der Waals surface area (Å²) in [5, 5.41) is 0. The zero-order chi connectivity index (χ0) is 14.1. The predicted molar refractivity (Wildman–Crippen MR) is 75.3 cm³/mol. The fourth-order valence-corrected chi connectivity index (χ4v) is 3.26. The van der Waals surface area contributed by atoms with Crippen molar-refractivity contribution in [1.82, 2.24) is 0 Å². The van der Waals surface area contributed by atoms with Gasteiger partial charge < -0.3 is 4.74 Å². The van der Waals surface area contributed by atoms with Crippen molar-refractivity contribution < 1.29 is 14.3 Å². The van der Waals surface area contributed by atoms with E-state index in [1.54, 1.807) is 6.08 Å². The van der Waals surface area contributed by atoms with E-state index in [9.17, 15) is 9.59 Å². The molecule has 1 aliphatic heterocycles. The summed E-state index contributed by atoms with van der Waals surface area (Å²) < 4.78 is 4.78. The molecular weight excluding hydrogens is 252 g/mol. The minimum absolute atomic E-state index is 0.0318. The second-order valence-electron chi connectivity index (χ2n) is 5.36. The number of carbonyl (C=O) groups excluding carboxylic acids is 2. The highest BCUT2D eigenvalue weighted by Crippen LogP contribution is 2.47. The zero-order valence-corrected chi connectivity index (χ0v) is 11.1. The first-order valence-corrected chi connectivity index (χ1v) is 6.82. The van der Waals surface area contributed by atoms with Crippen molar-refractivity contribution in [2.75, 3.05) is 0 Å². The molecule has 0 bridgehead atoms. The van der Waals surface area contributed by atoms with Gasteiger partial charge in [-0.2, -0.15) is 0 Å². The summed E-state index contributed by atoms with van der Waals surface area (Å²) in [6, 6.07) is 9.91. The first-order valence-electron chi connectivity index (χ1n) is 6.82. The van der Waals surface area contributed by atoms with Gasteiger partial charge in [-0.3, -0.25) is 9.59 Å². The van der Waals surface area contributed by atoms with Crippen LogP contribution in [0.5, 0.6) is 0 Å². The number of benzene rings is 1. The number of cyclic esters (lactones) is 2. The molecule has 1 aromatic rings. The molecule has 0 radical (unpaired) electrons. The van der Waals surface area contributed by atoms with Crippen LogP contribution in [0.25, 0.3) is 6.08 Å². The van der Waals surface area contributed by atoms with Crippen LogP contribution in [0, 0.1) is 23.7 Å². The van der Waals surface area contributed by atoms with Gasteiger partial charge in [0.05, 0.1) is 11.8 Å². The van der Waals surface area contributed by atoms with Crippen LogP contribution < -0.4 is 0 Å². The van der Waals surface area contributed by atoms with Crippen LogP contribution in [0.3, 0.4) is 0 Å². The Balaban J connectivity index is 1.84. The molecule has 4 atom stereocenters. The van der Waals surface area contributed by atoms with Gasteiger partial charge in [0.15, 0.2) is 0 Å². The van der Waals surface area contributed by atoms with E-state index in [2.05, 4.69) is 6.58 Å². The van der Waals surface area contributed by atoms with Crippen LogP contribution in [0.2, 0.25) is 0 Å². The Hall–Kier alpha value is -2.16. The van der Waals surface area contributed by atoms with Crippen molar-refractivity contribution >= 4 is 18.0 Å². The smallest absolute Gasteiger partial charge is 0.318 e. The van der Waals surface area contributed by atoms with Gasteiger partial charge in [0, 0.05) is 0 Å². The maximum absolute atomic E-state index is 11.8. The lowest BCUT2D eigenvalue weighted by atomic mass is 9.89. The molecule has 3 unspecified atom stereocenters. The van der Waals surface area contributed by atoms with Gasteiger partial charge in [0.2, 0.25) is 0 Å². The summed E-state index contributed by atoms with van der Waals surface area (Å²) in [6.07, 6.45) is 6.58. The molecule has 3 heteroatoms. The average molecular weight is 268 g/mol. The average Bonchev–Trinajstić information content (AvgIpc) is 2.97. The third-order valence-electron chi connectivity index (χ3n) is 4.24. The van der Waals surface area contributed by atoms with Crippen LogP contribution in [0.15, 0.2) is 49.1 Å². The molecule has 1 aliphatic carbocycles. The van der Waals surface area contributed by atoms with Gasteiger partial charge in [-0.05, 0) is 23.8 Å². The fraction of sp³-hybridized carbons (Fsp3) is 0.294. The highest BCUT2D eigenvalue weighted by molar-refractivity contribution is 5.97. The lowest BCUT2D eigenvalue weighted by Crippen LogP contribution is -2.19. The van der Waals surface area contributed by atoms with Crippen molar-refractivity contribution in [3.63, 3.8) is 0 Å². The molecule has 0 N–H and O–H groups in total. The molecule has 0 amide bonds. The molecule has 0 spiro atoms. The Kier molecular flexibility index (Phi) is 3.26. The van der Waals surface area contributed by atoms with Crippen LogP contribution in [0.4, 0.5) is 0 Å². The van der Waals surface area contributed by atoms with Gasteiger partial charge >= 0.3 is 11.9 Å². The van der Waals surface area contributed by atoms with E-state index in [0.717, 1.165) is 12.0 Å². The number of allylic oxidation sites excluding steroid dienone is 2. The highest BCUT2D eigenvalue weighted by atomic mass is 16.6. The third-order valence-corrected chi connectivity index (χ3v) is 4.24. The minimum Gasteiger partial charge on any atom is -0.393 e. The second kappa shape index (κ2) is 5.08. The van der Waals surface area contributed by atoms with E-state index < -0.39 is 0 Å². The topological polar surface area (TPSA) is 43.4 Å². The van der Waals surface area contributed by atoms with Crippen LogP contribution in [-0.2, 0) is 14.3 Å². The van der Waals surface area contributed by atoms with Crippen molar-refractivity contribution in [3.05, 3.63) is 54.6 Å². The summed E-state index contributed by atoms with van der Waals surface area (Å²) in [7, 11) is 0. The summed E-state index contributed by atoms with van der Waals surface area (Å²) in [5.74, 6) is -1.38. The molecule has 1 saturated heterocycles. The number of fused-ring (bicyclic) bond motifs is 1. The second-order valence-corrected chi connectivity index (χ2v) is 5.36. The van der Waals surface area contributed by atoms with E-state index in [0.29, 0.717) is 0 Å². The van der Waals surface area contributed by atoms with Gasteiger partial charge in [-0.1, -0.05) is 48.6 Å². The standard InChI is InChI=1S/C17H16O3/c1-2-12-10-13(9-8-11-6-4-3-5-7-11)15-14(12)16(18)20-17(15)19/h2-9,12-15H,1,10H2/b9-8+/t12?,13?,14-,15?/m1/s1. The number of carbonyl (C=O) groups is 2. The molecule has 1 aromatic carbocycles. The predicted octanol–water partition coefficient (Wildman–Crippen LogP) is 2.84. The molecule has 2 aliphatic rings. The lowest BCUT2D eigenvalue weighted by Gasteiger charge is -2.08. The quantitative estimate of drug-likeness (QED) is 0.481. The van der Waals surface area contributed by atoms with E-state index in [1.807, 2.05) is 42.5 Å². The Morgan fingerprint density at radius 2 is 1.70 bits per heavy atom. The van der Waals surface area contributed by atoms with E-state index >= 15 is 0 Å². The number of hydrogen-bond acceptors (Lipinski definition) is 3. The number of ether oxygens (including phenoxy) is 1. The Morgan fingerprint density at radius 1 is 1.05 bits per heavy atom. The SMILES string of the molecule is C=CC1CC(/C=C/c2ccccc2)C2C(=O)OC(=O)[C@H]12. The van der Waals surface area contributed by atoms with Crippen molar-refractivity contribution in [3.8, 4) is 0 Å². The van der Waals surface area contributed by atoms with Gasteiger partial charge in [-0.15, -0.1) is 6.58 Å². The van der Waals surface area contributed by atoms with Gasteiger partial charge in [0.1, 0.15) is 0 Å². The Morgan fingerprint density at radius 3 is 2.35 bits per heavy atom. The molecular formula is C17H16O3. The molecule has 2 fully saturated rings. The van der Waals surface area contributed by atoms with Gasteiger partial charge in [-0.25, -0.2) is 0 Å². The van der Waals surface area contributed by atoms with Crippen molar-refractivity contribution in [1.29, 1.82) is 0 Å². The third kappa shape index (κ3) is 2.09. The number of rotatable bonds is 3. The van der Waals surface area contributed by atoms with Crippen molar-refractivity contribution in [2.45, 2.75) is 6.42 Å².